The van der Waals surface area contributed by atoms with Gasteiger partial charge in [0.2, 0.25) is 10.0 Å². The van der Waals surface area contributed by atoms with Crippen LogP contribution in [0.25, 0.3) is 0 Å². The second-order valence-corrected chi connectivity index (χ2v) is 7.38. The lowest BCUT2D eigenvalue weighted by Crippen LogP contribution is -2.52. The normalized spacial score (nSPS) is 22.8. The Kier molecular flexibility index (Phi) is 4.19. The molecule has 17 heavy (non-hydrogen) atoms. The first kappa shape index (κ1) is 13.0. The van der Waals surface area contributed by atoms with Crippen molar-refractivity contribution in [3.05, 3.63) is 22.4 Å². The molecule has 1 aromatic heterocycles. The summed E-state index contributed by atoms with van der Waals surface area (Å²) in [5.41, 5.74) is 0. The van der Waals surface area contributed by atoms with E-state index >= 15 is 0 Å². The molecule has 1 saturated heterocycles. The van der Waals surface area contributed by atoms with Gasteiger partial charge in [0, 0.05) is 30.6 Å². The standard InChI is InChI=1S/C11H18N2O2S2/c1-10-9-12-5-6-13(10)17(14,15)8-4-11-3-2-7-16-11/h2-3,7,10,12H,4-6,8-9H2,1H3/t10-/m1/s1. The van der Waals surface area contributed by atoms with E-state index in [0.29, 0.717) is 13.0 Å². The zero-order valence-electron chi connectivity index (χ0n) is 9.93. The first-order valence-electron chi connectivity index (χ1n) is 5.82. The van der Waals surface area contributed by atoms with Gasteiger partial charge < -0.3 is 5.32 Å². The van der Waals surface area contributed by atoms with E-state index in [4.69, 9.17) is 0 Å². The van der Waals surface area contributed by atoms with Crippen LogP contribution in [0.5, 0.6) is 0 Å². The summed E-state index contributed by atoms with van der Waals surface area (Å²) >= 11 is 1.62. The number of rotatable bonds is 4. The minimum Gasteiger partial charge on any atom is -0.314 e. The van der Waals surface area contributed by atoms with Crippen LogP contribution in [-0.4, -0.2) is 44.2 Å². The summed E-state index contributed by atoms with van der Waals surface area (Å²) in [7, 11) is -3.11. The average Bonchev–Trinajstić information content (AvgIpc) is 2.80. The molecule has 1 N–H and O–H groups in total. The fourth-order valence-corrected chi connectivity index (χ4v) is 4.58. The van der Waals surface area contributed by atoms with Crippen molar-refractivity contribution in [3.63, 3.8) is 0 Å². The molecule has 0 aliphatic carbocycles. The van der Waals surface area contributed by atoms with Gasteiger partial charge in [-0.3, -0.25) is 0 Å². The highest BCUT2D eigenvalue weighted by Crippen LogP contribution is 2.14. The van der Waals surface area contributed by atoms with Gasteiger partial charge in [0.25, 0.3) is 0 Å². The van der Waals surface area contributed by atoms with Gasteiger partial charge in [-0.1, -0.05) is 6.07 Å². The molecule has 1 aliphatic rings. The minimum atomic E-state index is -3.11. The van der Waals surface area contributed by atoms with Gasteiger partial charge in [-0.15, -0.1) is 11.3 Å². The van der Waals surface area contributed by atoms with Crippen molar-refractivity contribution in [2.24, 2.45) is 0 Å². The van der Waals surface area contributed by atoms with E-state index in [0.717, 1.165) is 18.0 Å². The second-order valence-electron chi connectivity index (χ2n) is 4.31. The lowest BCUT2D eigenvalue weighted by atomic mass is 10.3. The van der Waals surface area contributed by atoms with Crippen LogP contribution >= 0.6 is 11.3 Å². The molecule has 1 atom stereocenters. The summed E-state index contributed by atoms with van der Waals surface area (Å²) < 4.78 is 26.0. The number of hydrogen-bond donors (Lipinski definition) is 1. The topological polar surface area (TPSA) is 49.4 Å². The van der Waals surface area contributed by atoms with E-state index in [1.165, 1.54) is 0 Å². The zero-order valence-corrected chi connectivity index (χ0v) is 11.6. The molecule has 0 amide bonds. The summed E-state index contributed by atoms with van der Waals surface area (Å²) in [6, 6.07) is 4.01. The molecule has 0 aromatic carbocycles. The van der Waals surface area contributed by atoms with E-state index in [9.17, 15) is 8.42 Å². The molecular formula is C11H18N2O2S2. The molecule has 1 aliphatic heterocycles. The van der Waals surface area contributed by atoms with Gasteiger partial charge >= 0.3 is 0 Å². The molecule has 0 radical (unpaired) electrons. The van der Waals surface area contributed by atoms with Crippen LogP contribution in [0.3, 0.4) is 0 Å². The molecule has 0 saturated carbocycles. The van der Waals surface area contributed by atoms with Gasteiger partial charge in [0.1, 0.15) is 0 Å². The summed E-state index contributed by atoms with van der Waals surface area (Å²) in [6.07, 6.45) is 0.622. The van der Waals surface area contributed by atoms with Crippen molar-refractivity contribution in [2.45, 2.75) is 19.4 Å². The third kappa shape index (κ3) is 3.28. The fourth-order valence-electron chi connectivity index (χ4n) is 2.04. The first-order valence-corrected chi connectivity index (χ1v) is 8.31. The van der Waals surface area contributed by atoms with E-state index in [2.05, 4.69) is 5.32 Å². The fraction of sp³-hybridized carbons (Fsp3) is 0.636. The van der Waals surface area contributed by atoms with Crippen molar-refractivity contribution in [1.82, 2.24) is 9.62 Å². The molecule has 2 heterocycles. The number of sulfonamides is 1. The van der Waals surface area contributed by atoms with Crippen LogP contribution in [0, 0.1) is 0 Å². The van der Waals surface area contributed by atoms with Crippen LogP contribution in [0.2, 0.25) is 0 Å². The van der Waals surface area contributed by atoms with E-state index in [1.807, 2.05) is 24.4 Å². The quantitative estimate of drug-likeness (QED) is 0.888. The molecule has 2 rings (SSSR count). The SMILES string of the molecule is C[C@@H]1CNCCN1S(=O)(=O)CCc1cccs1. The highest BCUT2D eigenvalue weighted by atomic mass is 32.2. The first-order chi connectivity index (χ1) is 8.09. The Morgan fingerprint density at radius 1 is 1.59 bits per heavy atom. The van der Waals surface area contributed by atoms with Gasteiger partial charge in [-0.25, -0.2) is 8.42 Å². The molecule has 4 nitrogen and oxygen atoms in total. The van der Waals surface area contributed by atoms with Gasteiger partial charge in [-0.2, -0.15) is 4.31 Å². The van der Waals surface area contributed by atoms with Crippen LogP contribution < -0.4 is 5.32 Å². The third-order valence-corrected chi connectivity index (χ3v) is 5.90. The highest BCUT2D eigenvalue weighted by Gasteiger charge is 2.28. The maximum atomic E-state index is 12.2. The lowest BCUT2D eigenvalue weighted by molar-refractivity contribution is 0.284. The minimum absolute atomic E-state index is 0.0667. The van der Waals surface area contributed by atoms with Crippen molar-refractivity contribution in [2.75, 3.05) is 25.4 Å². The molecule has 0 bridgehead atoms. The summed E-state index contributed by atoms with van der Waals surface area (Å²) in [5, 5.41) is 5.18. The highest BCUT2D eigenvalue weighted by molar-refractivity contribution is 7.89. The van der Waals surface area contributed by atoms with Crippen molar-refractivity contribution in [3.8, 4) is 0 Å². The Balaban J connectivity index is 1.98. The van der Waals surface area contributed by atoms with Crippen LogP contribution in [0.1, 0.15) is 11.8 Å². The maximum Gasteiger partial charge on any atom is 0.214 e. The van der Waals surface area contributed by atoms with Crippen molar-refractivity contribution < 1.29 is 8.42 Å². The maximum absolute atomic E-state index is 12.2. The molecule has 96 valence electrons. The Morgan fingerprint density at radius 2 is 2.41 bits per heavy atom. The predicted molar refractivity (Wildman–Crippen MR) is 70.8 cm³/mol. The number of nitrogens with one attached hydrogen (secondary N) is 1. The van der Waals surface area contributed by atoms with Crippen molar-refractivity contribution >= 4 is 21.4 Å². The zero-order chi connectivity index (χ0) is 12.3. The number of hydrogen-bond acceptors (Lipinski definition) is 4. The Hall–Kier alpha value is -0.430. The number of nitrogens with zero attached hydrogens (tertiary/aromatic N) is 1. The van der Waals surface area contributed by atoms with Crippen LogP contribution in [0.4, 0.5) is 0 Å². The average molecular weight is 274 g/mol. The molecule has 1 fully saturated rings. The largest absolute Gasteiger partial charge is 0.314 e. The van der Waals surface area contributed by atoms with Crippen molar-refractivity contribution in [1.29, 1.82) is 0 Å². The van der Waals surface area contributed by atoms with Crippen LogP contribution in [-0.2, 0) is 16.4 Å². The van der Waals surface area contributed by atoms with Gasteiger partial charge in [0.15, 0.2) is 0 Å². The van der Waals surface area contributed by atoms with E-state index in [1.54, 1.807) is 15.6 Å². The van der Waals surface area contributed by atoms with Gasteiger partial charge in [0.05, 0.1) is 5.75 Å². The smallest absolute Gasteiger partial charge is 0.214 e. The third-order valence-electron chi connectivity index (χ3n) is 2.98. The van der Waals surface area contributed by atoms with E-state index < -0.39 is 10.0 Å². The molecule has 1 aromatic rings. The summed E-state index contributed by atoms with van der Waals surface area (Å²) in [4.78, 5) is 1.14. The number of thiophene rings is 1. The molecule has 0 unspecified atom stereocenters. The summed E-state index contributed by atoms with van der Waals surface area (Å²) in [6.45, 7) is 4.05. The van der Waals surface area contributed by atoms with Crippen LogP contribution in [0.15, 0.2) is 17.5 Å². The molecule has 0 spiro atoms. The second kappa shape index (κ2) is 5.48. The number of aryl methyl sites for hydroxylation is 1. The molecular weight excluding hydrogens is 256 g/mol. The lowest BCUT2D eigenvalue weighted by Gasteiger charge is -2.32. The summed E-state index contributed by atoms with van der Waals surface area (Å²) in [5.74, 6) is 0.220. The Labute approximate surface area is 107 Å². The Bertz CT molecular complexity index is 442. The monoisotopic (exact) mass is 274 g/mol. The van der Waals surface area contributed by atoms with Gasteiger partial charge in [-0.05, 0) is 24.8 Å². The van der Waals surface area contributed by atoms with E-state index in [-0.39, 0.29) is 11.8 Å². The predicted octanol–water partition coefficient (Wildman–Crippen LogP) is 0.914. The molecule has 6 heteroatoms. The number of piperazine rings is 1. The Morgan fingerprint density at radius 3 is 3.06 bits per heavy atom.